The number of thioether (sulfide) groups is 1. The molecule has 0 atom stereocenters. The summed E-state index contributed by atoms with van der Waals surface area (Å²) in [5, 5.41) is 3.33. The minimum atomic E-state index is -0.551. The van der Waals surface area contributed by atoms with Gasteiger partial charge < -0.3 is 16.0 Å². The lowest BCUT2D eigenvalue weighted by atomic mass is 10.0. The Morgan fingerprint density at radius 3 is 2.57 bits per heavy atom. The van der Waals surface area contributed by atoms with Crippen LogP contribution in [0, 0.1) is 0 Å². The maximum atomic E-state index is 12.5. The Morgan fingerprint density at radius 2 is 1.96 bits per heavy atom. The Morgan fingerprint density at radius 1 is 1.25 bits per heavy atom. The Hall–Kier alpha value is -2.32. The number of carbonyl (C=O) groups is 3. The van der Waals surface area contributed by atoms with Crippen LogP contribution in [0.25, 0.3) is 0 Å². The van der Waals surface area contributed by atoms with Crippen molar-refractivity contribution in [3.05, 3.63) is 45.8 Å². The van der Waals surface area contributed by atoms with E-state index in [1.807, 2.05) is 24.3 Å². The number of amides is 3. The molecule has 0 saturated carbocycles. The summed E-state index contributed by atoms with van der Waals surface area (Å²) in [4.78, 5) is 40.0. The molecule has 3 N–H and O–H groups in total. The zero-order valence-electron chi connectivity index (χ0n) is 15.9. The van der Waals surface area contributed by atoms with E-state index in [9.17, 15) is 14.4 Å². The number of primary amides is 1. The van der Waals surface area contributed by atoms with Gasteiger partial charge in [-0.1, -0.05) is 19.1 Å². The van der Waals surface area contributed by atoms with E-state index >= 15 is 0 Å². The van der Waals surface area contributed by atoms with E-state index in [0.717, 1.165) is 21.8 Å². The fourth-order valence-electron chi connectivity index (χ4n) is 3.25. The first-order chi connectivity index (χ1) is 13.4. The smallest absolute Gasteiger partial charge is 0.251 e. The van der Waals surface area contributed by atoms with Crippen molar-refractivity contribution < 1.29 is 14.4 Å². The summed E-state index contributed by atoms with van der Waals surface area (Å²) in [6.07, 6.45) is 0.785. The van der Waals surface area contributed by atoms with Gasteiger partial charge in [-0.05, 0) is 35.4 Å². The van der Waals surface area contributed by atoms with Crippen molar-refractivity contribution in [3.63, 3.8) is 0 Å². The van der Waals surface area contributed by atoms with Crippen molar-refractivity contribution in [2.75, 3.05) is 17.6 Å². The molecule has 0 spiro atoms. The Balaban J connectivity index is 1.75. The van der Waals surface area contributed by atoms with Crippen molar-refractivity contribution >= 4 is 45.8 Å². The lowest BCUT2D eigenvalue weighted by Crippen LogP contribution is -2.34. The molecular formula is C20H23N3O3S2. The minimum absolute atomic E-state index is 0.00468. The molecule has 1 aromatic carbocycles. The molecule has 0 radical (unpaired) electrons. The standard InChI is InChI=1S/C20H23N3O3S2/c1-3-27-14-6-4-13(5-7-14)10-17(25)22-20-18(19(21)26)15-8-9-23(12(2)24)11-16(15)28-20/h4-7H,3,8-11H2,1-2H3,(H2,21,26)(H,22,25). The quantitative estimate of drug-likeness (QED) is 0.707. The van der Waals surface area contributed by atoms with Gasteiger partial charge in [-0.2, -0.15) is 0 Å². The highest BCUT2D eigenvalue weighted by Crippen LogP contribution is 2.37. The second-order valence-electron chi connectivity index (χ2n) is 6.56. The summed E-state index contributed by atoms with van der Waals surface area (Å²) in [5.41, 5.74) is 7.72. The number of hydrogen-bond acceptors (Lipinski definition) is 5. The van der Waals surface area contributed by atoms with Crippen molar-refractivity contribution in [3.8, 4) is 0 Å². The van der Waals surface area contributed by atoms with Gasteiger partial charge >= 0.3 is 0 Å². The van der Waals surface area contributed by atoms with Crippen molar-refractivity contribution in [1.82, 2.24) is 4.90 Å². The molecular weight excluding hydrogens is 394 g/mol. The summed E-state index contributed by atoms with van der Waals surface area (Å²) in [6, 6.07) is 7.89. The van der Waals surface area contributed by atoms with Gasteiger partial charge in [0.15, 0.2) is 0 Å². The first-order valence-corrected chi connectivity index (χ1v) is 10.9. The van der Waals surface area contributed by atoms with E-state index in [0.29, 0.717) is 30.1 Å². The van der Waals surface area contributed by atoms with Gasteiger partial charge in [0.2, 0.25) is 11.8 Å². The molecule has 148 valence electrons. The number of nitrogens with one attached hydrogen (secondary N) is 1. The average Bonchev–Trinajstić information content (AvgIpc) is 3.00. The molecule has 0 fully saturated rings. The van der Waals surface area contributed by atoms with Crippen molar-refractivity contribution in [1.29, 1.82) is 0 Å². The van der Waals surface area contributed by atoms with Crippen LogP contribution < -0.4 is 11.1 Å². The first-order valence-electron chi connectivity index (χ1n) is 9.10. The van der Waals surface area contributed by atoms with Gasteiger partial charge in [0.25, 0.3) is 5.91 Å². The van der Waals surface area contributed by atoms with E-state index < -0.39 is 5.91 Å². The molecule has 1 aromatic heterocycles. The number of anilines is 1. The normalized spacial score (nSPS) is 13.1. The number of thiophene rings is 1. The summed E-state index contributed by atoms with van der Waals surface area (Å²) >= 11 is 3.08. The van der Waals surface area contributed by atoms with Crippen LogP contribution in [0.3, 0.4) is 0 Å². The first kappa shape index (κ1) is 20.4. The van der Waals surface area contributed by atoms with Gasteiger partial charge in [0.1, 0.15) is 5.00 Å². The van der Waals surface area contributed by atoms with Crippen LogP contribution in [0.5, 0.6) is 0 Å². The maximum absolute atomic E-state index is 12.5. The second-order valence-corrected chi connectivity index (χ2v) is 9.01. The van der Waals surface area contributed by atoms with Crippen LogP contribution in [-0.2, 0) is 29.0 Å². The second kappa shape index (κ2) is 8.79. The van der Waals surface area contributed by atoms with Crippen LogP contribution in [0.4, 0.5) is 5.00 Å². The minimum Gasteiger partial charge on any atom is -0.365 e. The third kappa shape index (κ3) is 4.56. The van der Waals surface area contributed by atoms with E-state index in [-0.39, 0.29) is 18.2 Å². The SMILES string of the molecule is CCSc1ccc(CC(=O)Nc2sc3c(c2C(N)=O)CCN(C(C)=O)C3)cc1. The van der Waals surface area contributed by atoms with E-state index in [1.165, 1.54) is 23.2 Å². The van der Waals surface area contributed by atoms with Crippen LogP contribution in [0.1, 0.15) is 40.2 Å². The molecule has 28 heavy (non-hydrogen) atoms. The Kier molecular flexibility index (Phi) is 6.41. The van der Waals surface area contributed by atoms with E-state index in [2.05, 4.69) is 12.2 Å². The van der Waals surface area contributed by atoms with E-state index in [1.54, 1.807) is 16.7 Å². The largest absolute Gasteiger partial charge is 0.365 e. The fraction of sp³-hybridized carbons (Fsp3) is 0.350. The maximum Gasteiger partial charge on any atom is 0.251 e. The highest BCUT2D eigenvalue weighted by atomic mass is 32.2. The zero-order valence-corrected chi connectivity index (χ0v) is 17.5. The predicted octanol–water partition coefficient (Wildman–Crippen LogP) is 3.04. The number of nitrogens with two attached hydrogens (primary N) is 1. The molecule has 0 unspecified atom stereocenters. The van der Waals surface area contributed by atoms with Crippen LogP contribution in [0.15, 0.2) is 29.2 Å². The molecule has 3 amide bonds. The van der Waals surface area contributed by atoms with Crippen LogP contribution >= 0.6 is 23.1 Å². The lowest BCUT2D eigenvalue weighted by molar-refractivity contribution is -0.129. The Bertz CT molecular complexity index is 906. The Labute approximate surface area is 172 Å². The number of rotatable bonds is 6. The fourth-order valence-corrected chi connectivity index (χ4v) is 5.19. The molecule has 1 aliphatic heterocycles. The van der Waals surface area contributed by atoms with Gasteiger partial charge in [-0.3, -0.25) is 14.4 Å². The van der Waals surface area contributed by atoms with Crippen LogP contribution in [-0.4, -0.2) is 34.9 Å². The molecule has 2 aromatic rings. The third-order valence-corrected chi connectivity index (χ3v) is 6.63. The summed E-state index contributed by atoms with van der Waals surface area (Å²) in [5.74, 6) is 0.250. The van der Waals surface area contributed by atoms with Crippen LogP contribution in [0.2, 0.25) is 0 Å². The highest BCUT2D eigenvalue weighted by molar-refractivity contribution is 7.99. The number of carbonyl (C=O) groups excluding carboxylic acids is 3. The molecule has 3 rings (SSSR count). The van der Waals surface area contributed by atoms with Gasteiger partial charge in [0.05, 0.1) is 18.5 Å². The molecule has 1 aliphatic rings. The topological polar surface area (TPSA) is 92.5 Å². The van der Waals surface area contributed by atoms with Crippen molar-refractivity contribution in [2.45, 2.75) is 38.1 Å². The number of hydrogen-bond donors (Lipinski definition) is 2. The zero-order chi connectivity index (χ0) is 20.3. The van der Waals surface area contributed by atoms with Gasteiger partial charge in [0, 0.05) is 23.2 Å². The summed E-state index contributed by atoms with van der Waals surface area (Å²) < 4.78 is 0. The number of nitrogens with zero attached hydrogens (tertiary/aromatic N) is 1. The molecule has 0 aliphatic carbocycles. The predicted molar refractivity (Wildman–Crippen MR) is 113 cm³/mol. The van der Waals surface area contributed by atoms with Gasteiger partial charge in [-0.25, -0.2) is 0 Å². The average molecular weight is 418 g/mol. The summed E-state index contributed by atoms with van der Waals surface area (Å²) in [7, 11) is 0. The van der Waals surface area contributed by atoms with Crippen molar-refractivity contribution in [2.24, 2.45) is 5.73 Å². The molecule has 8 heteroatoms. The molecule has 0 saturated heterocycles. The monoisotopic (exact) mass is 417 g/mol. The highest BCUT2D eigenvalue weighted by Gasteiger charge is 2.28. The molecule has 6 nitrogen and oxygen atoms in total. The van der Waals surface area contributed by atoms with Gasteiger partial charge in [-0.15, -0.1) is 23.1 Å². The third-order valence-electron chi connectivity index (χ3n) is 4.60. The lowest BCUT2D eigenvalue weighted by Gasteiger charge is -2.25. The van der Waals surface area contributed by atoms with E-state index in [4.69, 9.17) is 5.73 Å². The summed E-state index contributed by atoms with van der Waals surface area (Å²) in [6.45, 7) is 4.62. The molecule has 2 heterocycles. The number of fused-ring (bicyclic) bond motifs is 1. The molecule has 0 bridgehead atoms. The number of benzene rings is 1.